The van der Waals surface area contributed by atoms with Crippen LogP contribution in [0.5, 0.6) is 0 Å². The summed E-state index contributed by atoms with van der Waals surface area (Å²) in [5.74, 6) is 3.91. The molecule has 0 aromatic carbocycles. The van der Waals surface area contributed by atoms with E-state index >= 15 is 0 Å². The van der Waals surface area contributed by atoms with E-state index in [0.29, 0.717) is 5.69 Å². The third-order valence-electron chi connectivity index (χ3n) is 3.15. The number of nitrogen functional groups attached to an aromatic ring is 1. The Morgan fingerprint density at radius 3 is 2.65 bits per heavy atom. The number of nitrogens with one attached hydrogen (secondary N) is 1. The number of nitrogens with two attached hydrogens (primary N) is 1. The molecule has 0 bridgehead atoms. The quantitative estimate of drug-likeness (QED) is 0.425. The number of nitrogens with zero attached hydrogens (tertiary/aromatic N) is 2. The second-order valence-corrected chi connectivity index (χ2v) is 7.23. The fraction of sp³-hybridized carbons (Fsp3) is 0.364. The molecule has 1 fully saturated rings. The number of aromatic nitrogens is 1. The zero-order valence-corrected chi connectivity index (χ0v) is 11.8. The van der Waals surface area contributed by atoms with E-state index in [2.05, 4.69) is 4.98 Å². The molecule has 1 aliphatic rings. The molecule has 3 N–H and O–H groups in total. The predicted molar refractivity (Wildman–Crippen MR) is 69.4 cm³/mol. The van der Waals surface area contributed by atoms with Gasteiger partial charge in [0.15, 0.2) is 4.75 Å². The number of carbonyl (C=O) groups excluding carboxylic acids is 2. The molecule has 1 aromatic rings. The molecule has 0 saturated carbocycles. The molecule has 1 saturated heterocycles. The molecular weight excluding hydrogens is 284 g/mol. The molecule has 108 valence electrons. The molecule has 1 aliphatic heterocycles. The van der Waals surface area contributed by atoms with Crippen LogP contribution in [0.4, 0.5) is 0 Å². The molecule has 0 spiro atoms. The van der Waals surface area contributed by atoms with E-state index < -0.39 is 26.6 Å². The Morgan fingerprint density at radius 2 is 2.10 bits per heavy atom. The Kier molecular flexibility index (Phi) is 3.26. The molecule has 0 aliphatic carbocycles. The molecule has 20 heavy (non-hydrogen) atoms. The van der Waals surface area contributed by atoms with Crippen molar-refractivity contribution >= 4 is 21.8 Å². The fourth-order valence-electron chi connectivity index (χ4n) is 1.83. The Hall–Kier alpha value is -2.00. The topological polar surface area (TPSA) is 122 Å². The highest BCUT2D eigenvalue weighted by molar-refractivity contribution is 7.94. The van der Waals surface area contributed by atoms with Gasteiger partial charge in [-0.25, -0.2) is 23.5 Å². The molecule has 2 heterocycles. The van der Waals surface area contributed by atoms with Gasteiger partial charge in [0.2, 0.25) is 0 Å². The molecule has 2 amide bonds. The first-order valence-electron chi connectivity index (χ1n) is 5.75. The molecular formula is C11H14N4O4S. The Balaban J connectivity index is 2.25. The third-order valence-corrected chi connectivity index (χ3v) is 5.49. The van der Waals surface area contributed by atoms with E-state index in [9.17, 15) is 18.0 Å². The van der Waals surface area contributed by atoms with Gasteiger partial charge in [-0.3, -0.25) is 15.0 Å². The van der Waals surface area contributed by atoms with Crippen LogP contribution in [0.2, 0.25) is 0 Å². The summed E-state index contributed by atoms with van der Waals surface area (Å²) in [6, 6.07) is 4.50. The van der Waals surface area contributed by atoms with E-state index in [0.717, 1.165) is 4.31 Å². The van der Waals surface area contributed by atoms with Gasteiger partial charge in [0.25, 0.3) is 21.8 Å². The minimum absolute atomic E-state index is 0.0506. The zero-order valence-electron chi connectivity index (χ0n) is 11.0. The summed E-state index contributed by atoms with van der Waals surface area (Å²) in [4.78, 5) is 27.1. The maximum atomic E-state index is 11.9. The van der Waals surface area contributed by atoms with E-state index in [4.69, 9.17) is 5.84 Å². The summed E-state index contributed by atoms with van der Waals surface area (Å²) in [7, 11) is -3.67. The first-order valence-corrected chi connectivity index (χ1v) is 7.19. The average Bonchev–Trinajstić information content (AvgIpc) is 2.43. The van der Waals surface area contributed by atoms with E-state index in [-0.39, 0.29) is 12.2 Å². The first kappa shape index (κ1) is 14.4. The average molecular weight is 298 g/mol. The van der Waals surface area contributed by atoms with Gasteiger partial charge in [0, 0.05) is 0 Å². The molecule has 0 atom stereocenters. The van der Waals surface area contributed by atoms with Crippen molar-refractivity contribution in [1.82, 2.24) is 14.7 Å². The van der Waals surface area contributed by atoms with Crippen LogP contribution in [0, 0.1) is 0 Å². The number of hydrogen-bond donors (Lipinski definition) is 2. The first-order chi connectivity index (χ1) is 9.21. The lowest BCUT2D eigenvalue weighted by Crippen LogP contribution is -2.66. The van der Waals surface area contributed by atoms with Crippen molar-refractivity contribution in [2.75, 3.05) is 0 Å². The Morgan fingerprint density at radius 1 is 1.45 bits per heavy atom. The van der Waals surface area contributed by atoms with Crippen LogP contribution in [0.25, 0.3) is 0 Å². The summed E-state index contributed by atoms with van der Waals surface area (Å²) >= 11 is 0. The number of sulfonamides is 1. The van der Waals surface area contributed by atoms with Gasteiger partial charge in [0.1, 0.15) is 5.69 Å². The largest absolute Gasteiger partial charge is 0.289 e. The van der Waals surface area contributed by atoms with Crippen LogP contribution in [-0.4, -0.2) is 34.3 Å². The maximum absolute atomic E-state index is 11.9. The highest BCUT2D eigenvalue weighted by Crippen LogP contribution is 2.35. The smallest absolute Gasteiger partial charge is 0.283 e. The minimum Gasteiger partial charge on any atom is -0.289 e. The number of rotatable bonds is 3. The number of carbonyl (C=O) groups is 2. The van der Waals surface area contributed by atoms with Gasteiger partial charge in [-0.05, 0) is 26.0 Å². The van der Waals surface area contributed by atoms with Crippen LogP contribution in [0.15, 0.2) is 18.2 Å². The van der Waals surface area contributed by atoms with Crippen molar-refractivity contribution in [2.24, 2.45) is 5.84 Å². The summed E-state index contributed by atoms with van der Waals surface area (Å²) in [6.07, 6.45) is 0. The number of amides is 2. The van der Waals surface area contributed by atoms with Crippen molar-refractivity contribution in [3.05, 3.63) is 29.6 Å². The lowest BCUT2D eigenvalue weighted by Gasteiger charge is -2.42. The second-order valence-electron chi connectivity index (χ2n) is 4.81. The van der Waals surface area contributed by atoms with Crippen LogP contribution in [-0.2, 0) is 21.4 Å². The van der Waals surface area contributed by atoms with Gasteiger partial charge >= 0.3 is 0 Å². The van der Waals surface area contributed by atoms with Gasteiger partial charge in [-0.2, -0.15) is 0 Å². The molecule has 9 heteroatoms. The Bertz CT molecular complexity index is 683. The molecule has 1 aromatic heterocycles. The van der Waals surface area contributed by atoms with Crippen molar-refractivity contribution in [2.45, 2.75) is 25.1 Å². The highest BCUT2D eigenvalue weighted by atomic mass is 32.2. The SMILES string of the molecule is CC1(C)C(=O)N(Cc2cccc(C(=O)NN)n2)S1(=O)=O. The third kappa shape index (κ3) is 1.95. The number of hydrogen-bond acceptors (Lipinski definition) is 6. The summed E-state index contributed by atoms with van der Waals surface area (Å²) < 4.78 is 23.2. The minimum atomic E-state index is -3.67. The summed E-state index contributed by atoms with van der Waals surface area (Å²) in [6.45, 7) is 2.51. The van der Waals surface area contributed by atoms with Crippen molar-refractivity contribution in [1.29, 1.82) is 0 Å². The monoisotopic (exact) mass is 298 g/mol. The van der Waals surface area contributed by atoms with Gasteiger partial charge in [-0.1, -0.05) is 6.07 Å². The van der Waals surface area contributed by atoms with Crippen LogP contribution in [0.1, 0.15) is 30.0 Å². The van der Waals surface area contributed by atoms with Crippen molar-refractivity contribution in [3.8, 4) is 0 Å². The van der Waals surface area contributed by atoms with E-state index in [1.807, 2.05) is 5.43 Å². The van der Waals surface area contributed by atoms with E-state index in [1.54, 1.807) is 0 Å². The molecule has 0 unspecified atom stereocenters. The highest BCUT2D eigenvalue weighted by Gasteiger charge is 2.60. The molecule has 8 nitrogen and oxygen atoms in total. The predicted octanol–water partition coefficient (Wildman–Crippen LogP) is -0.864. The number of pyridine rings is 1. The van der Waals surface area contributed by atoms with Crippen LogP contribution >= 0.6 is 0 Å². The van der Waals surface area contributed by atoms with Gasteiger partial charge in [0.05, 0.1) is 12.2 Å². The van der Waals surface area contributed by atoms with Gasteiger partial charge < -0.3 is 0 Å². The van der Waals surface area contributed by atoms with Crippen LogP contribution in [0.3, 0.4) is 0 Å². The second kappa shape index (κ2) is 4.53. The van der Waals surface area contributed by atoms with Crippen molar-refractivity contribution in [3.63, 3.8) is 0 Å². The number of hydrazine groups is 1. The summed E-state index contributed by atoms with van der Waals surface area (Å²) in [5, 5.41) is 0. The maximum Gasteiger partial charge on any atom is 0.283 e. The van der Waals surface area contributed by atoms with Gasteiger partial charge in [-0.15, -0.1) is 0 Å². The molecule has 2 rings (SSSR count). The lowest BCUT2D eigenvalue weighted by molar-refractivity contribution is -0.132. The zero-order chi connectivity index (χ0) is 15.1. The van der Waals surface area contributed by atoms with Crippen LogP contribution < -0.4 is 11.3 Å². The summed E-state index contributed by atoms with van der Waals surface area (Å²) in [5.41, 5.74) is 2.27. The van der Waals surface area contributed by atoms with Crippen molar-refractivity contribution < 1.29 is 18.0 Å². The molecule has 0 radical (unpaired) electrons. The standard InChI is InChI=1S/C11H14N4O4S/c1-11(2)10(17)15(20(11,18)19)6-7-4-3-5-8(13-7)9(16)14-12/h3-5H,6,12H2,1-2H3,(H,14,16). The van der Waals surface area contributed by atoms with E-state index in [1.165, 1.54) is 32.0 Å². The Labute approximate surface area is 116 Å². The normalized spacial score (nSPS) is 19.4. The lowest BCUT2D eigenvalue weighted by atomic mass is 10.2. The fourth-order valence-corrected chi connectivity index (χ4v) is 3.33.